The van der Waals surface area contributed by atoms with Gasteiger partial charge in [-0.05, 0) is 54.7 Å². The number of carbonyl (C=O) groups excluding carboxylic acids is 4. The molecule has 4 fully saturated rings. The van der Waals surface area contributed by atoms with Gasteiger partial charge >= 0.3 is 35.8 Å². The molecule has 4 saturated heterocycles. The molecule has 4 heterocycles. The van der Waals surface area contributed by atoms with Gasteiger partial charge < -0.3 is 72.1 Å². The summed E-state index contributed by atoms with van der Waals surface area (Å²) >= 11 is 0. The number of hydrogen-bond donors (Lipinski definition) is 2. The number of ether oxygens (including phenoxy) is 4. The quantitative estimate of drug-likeness (QED) is 0.145. The topological polar surface area (TPSA) is 180 Å². The summed E-state index contributed by atoms with van der Waals surface area (Å²) in [5.74, 6) is -3.78. The lowest BCUT2D eigenvalue weighted by molar-refractivity contribution is -0.963. The van der Waals surface area contributed by atoms with Crippen molar-refractivity contribution in [2.24, 2.45) is 17.3 Å². The molecule has 4 atom stereocenters. The first kappa shape index (κ1) is 47.8. The highest BCUT2D eigenvalue weighted by Crippen LogP contribution is 2.59. The average Bonchev–Trinajstić information content (AvgIpc) is 3.33. The number of aliphatic carboxylic acids is 2. The van der Waals surface area contributed by atoms with Gasteiger partial charge in [0.1, 0.15) is 13.1 Å². The zero-order valence-electron chi connectivity index (χ0n) is 34.5. The Morgan fingerprint density at radius 2 is 0.898 bits per heavy atom. The number of piperidine rings is 2. The van der Waals surface area contributed by atoms with Crippen LogP contribution in [0.15, 0.2) is 36.4 Å². The number of quaternary nitrogens is 2. The molecule has 14 nitrogen and oxygen atoms in total. The van der Waals surface area contributed by atoms with E-state index >= 15 is 0 Å². The highest BCUT2D eigenvalue weighted by Gasteiger charge is 2.64. The maximum atomic E-state index is 13.9. The fourth-order valence-corrected chi connectivity index (χ4v) is 11.4. The van der Waals surface area contributed by atoms with E-state index in [4.69, 9.17) is 18.9 Å². The summed E-state index contributed by atoms with van der Waals surface area (Å²) in [4.78, 5) is 73.3. The van der Waals surface area contributed by atoms with Gasteiger partial charge in [0.15, 0.2) is 23.0 Å². The molecule has 0 aliphatic carbocycles. The smallest absolute Gasteiger partial charge is 0.310 e. The molecular weight excluding hydrogens is 896 g/mol. The van der Waals surface area contributed by atoms with Gasteiger partial charge in [0, 0.05) is 96.6 Å². The van der Waals surface area contributed by atoms with Gasteiger partial charge in [-0.1, -0.05) is 0 Å². The van der Waals surface area contributed by atoms with E-state index in [0.29, 0.717) is 47.7 Å². The zero-order chi connectivity index (χ0) is 41.4. The lowest BCUT2D eigenvalue weighted by Gasteiger charge is -2.55. The Morgan fingerprint density at radius 3 is 1.19 bits per heavy atom. The molecule has 0 spiro atoms. The number of rotatable bonds is 14. The van der Waals surface area contributed by atoms with Crippen molar-refractivity contribution >= 4 is 35.8 Å². The number of hydrogen-bond acceptors (Lipinski definition) is 10. The second-order valence-electron chi connectivity index (χ2n) is 17.3. The molecule has 2 aromatic carbocycles. The Hall–Kier alpha value is -3.86. The fraction of sp³-hybridized carbons (Fsp3) is 0.581. The molecule has 0 aromatic heterocycles. The predicted octanol–water partition coefficient (Wildman–Crippen LogP) is -0.193. The number of carbonyl (C=O) groups is 6. The number of carboxylic acid groups (broad SMARTS) is 2. The predicted molar refractivity (Wildman–Crippen MR) is 204 cm³/mol. The number of esters is 4. The minimum absolute atomic E-state index is 0. The van der Waals surface area contributed by atoms with Gasteiger partial charge in [-0.25, -0.2) is 0 Å². The van der Waals surface area contributed by atoms with Crippen LogP contribution in [0, 0.1) is 17.3 Å². The largest absolute Gasteiger partial charge is 1.00 e. The van der Waals surface area contributed by atoms with Crippen LogP contribution in [0.1, 0.15) is 103 Å². The monoisotopic (exact) mass is 950 g/mol. The van der Waals surface area contributed by atoms with E-state index in [1.807, 2.05) is 12.1 Å². The van der Waals surface area contributed by atoms with Crippen molar-refractivity contribution in [2.45, 2.75) is 129 Å². The zero-order valence-corrected chi connectivity index (χ0v) is 37.7. The first-order chi connectivity index (χ1) is 26.8. The van der Waals surface area contributed by atoms with E-state index in [-0.39, 0.29) is 106 Å². The number of fused-ring (bicyclic) bond motifs is 4. The molecule has 0 saturated carbocycles. The number of halogens is 2. The SMILES string of the molecule is CC(=O)Oc1ccc(C[N+]2(C)C3CCC2CC(C(CCC(=O)O)(C(=O)O)C2CC4CCC(C2)[N+]4(C)Cc2ccc(OC(C)=O)c(OC(C)=O)c2)C3)cc1OC(C)=O.[Br-].[Br-]. The molecule has 0 amide bonds. The molecule has 4 unspecified atom stereocenters. The lowest BCUT2D eigenvalue weighted by Crippen LogP contribution is -3.00. The molecule has 59 heavy (non-hydrogen) atoms. The second kappa shape index (κ2) is 18.8. The van der Waals surface area contributed by atoms with Crippen molar-refractivity contribution < 1.29 is 101 Å². The molecule has 4 aliphatic heterocycles. The van der Waals surface area contributed by atoms with Crippen molar-refractivity contribution in [3.63, 3.8) is 0 Å². The summed E-state index contributed by atoms with van der Waals surface area (Å²) < 4.78 is 22.8. The molecular formula is C43H56Br2N2O12. The summed E-state index contributed by atoms with van der Waals surface area (Å²) in [6, 6.07) is 11.1. The molecule has 2 N–H and O–H groups in total. The van der Waals surface area contributed by atoms with Crippen LogP contribution in [0.5, 0.6) is 23.0 Å². The van der Waals surface area contributed by atoms with Crippen molar-refractivity contribution in [1.29, 1.82) is 0 Å². The number of benzene rings is 2. The Kier molecular flexibility index (Phi) is 15.2. The van der Waals surface area contributed by atoms with Gasteiger partial charge in [0.25, 0.3) is 0 Å². The van der Waals surface area contributed by atoms with Gasteiger partial charge in [-0.2, -0.15) is 0 Å². The van der Waals surface area contributed by atoms with Crippen molar-refractivity contribution in [2.75, 3.05) is 14.1 Å². The Bertz CT molecular complexity index is 1810. The Balaban J connectivity index is 0.00000384. The van der Waals surface area contributed by atoms with E-state index in [2.05, 4.69) is 14.1 Å². The van der Waals surface area contributed by atoms with Crippen LogP contribution < -0.4 is 52.9 Å². The molecule has 4 bridgehead atoms. The highest BCUT2D eigenvalue weighted by atomic mass is 79.9. The minimum Gasteiger partial charge on any atom is -1.00 e. The van der Waals surface area contributed by atoms with Crippen LogP contribution in [0.2, 0.25) is 0 Å². The third kappa shape index (κ3) is 9.87. The highest BCUT2D eigenvalue weighted by molar-refractivity contribution is 5.77. The number of carboxylic acids is 2. The van der Waals surface area contributed by atoms with E-state index in [1.165, 1.54) is 27.7 Å². The average molecular weight is 953 g/mol. The van der Waals surface area contributed by atoms with Crippen molar-refractivity contribution in [3.05, 3.63) is 47.5 Å². The van der Waals surface area contributed by atoms with Crippen LogP contribution in [-0.4, -0.2) is 93.3 Å². The van der Waals surface area contributed by atoms with E-state index < -0.39 is 41.2 Å². The minimum atomic E-state index is -1.21. The fourth-order valence-electron chi connectivity index (χ4n) is 11.4. The number of nitrogens with zero attached hydrogens (tertiary/aromatic N) is 2. The Labute approximate surface area is 366 Å². The summed E-state index contributed by atoms with van der Waals surface area (Å²) in [6.45, 7) is 6.35. The van der Waals surface area contributed by atoms with Crippen molar-refractivity contribution in [1.82, 2.24) is 0 Å². The molecule has 2 aromatic rings. The van der Waals surface area contributed by atoms with E-state index in [9.17, 15) is 39.0 Å². The summed E-state index contributed by atoms with van der Waals surface area (Å²) in [5, 5.41) is 21.3. The van der Waals surface area contributed by atoms with Gasteiger partial charge in [0.2, 0.25) is 0 Å². The summed E-state index contributed by atoms with van der Waals surface area (Å²) in [6.07, 6.45) is 6.18. The maximum absolute atomic E-state index is 13.9. The van der Waals surface area contributed by atoms with Crippen LogP contribution >= 0.6 is 0 Å². The van der Waals surface area contributed by atoms with Crippen LogP contribution in [-0.2, 0) is 41.9 Å². The molecule has 4 aliphatic rings. The third-order valence-electron chi connectivity index (χ3n) is 13.9. The summed E-state index contributed by atoms with van der Waals surface area (Å²) in [7, 11) is 4.41. The van der Waals surface area contributed by atoms with E-state index in [1.54, 1.807) is 24.3 Å². The molecule has 16 heteroatoms. The van der Waals surface area contributed by atoms with Gasteiger partial charge in [-0.3, -0.25) is 28.8 Å². The van der Waals surface area contributed by atoms with Gasteiger partial charge in [0.05, 0.1) is 43.7 Å². The van der Waals surface area contributed by atoms with Crippen LogP contribution in [0.25, 0.3) is 0 Å². The molecule has 0 radical (unpaired) electrons. The molecule has 6 rings (SSSR count). The maximum Gasteiger partial charge on any atom is 0.310 e. The normalized spacial score (nSPS) is 28.8. The van der Waals surface area contributed by atoms with E-state index in [0.717, 1.165) is 36.8 Å². The van der Waals surface area contributed by atoms with Crippen LogP contribution in [0.4, 0.5) is 0 Å². The van der Waals surface area contributed by atoms with Gasteiger partial charge in [-0.15, -0.1) is 0 Å². The Morgan fingerprint density at radius 1 is 0.576 bits per heavy atom. The first-order valence-corrected chi connectivity index (χ1v) is 20.0. The van der Waals surface area contributed by atoms with Crippen LogP contribution in [0.3, 0.4) is 0 Å². The standard InChI is InChI=1S/C43H54N2O12.2BrH/c1-25(46)54-37-13-7-29(17-39(37)56-27(3)48)23-44(5)33-9-10-34(44)20-31(19-33)43(42(52)53,16-15-41(50)51)32-21-35-11-12-36(22-32)45(35,6)24-30-8-14-38(55-26(2)47)40(18-30)57-28(4)49;;/h7-8,13-14,17-18,31-36H,9-12,15-16,19-24H2,1-6H3;2*1H. The third-order valence-corrected chi connectivity index (χ3v) is 13.9. The summed E-state index contributed by atoms with van der Waals surface area (Å²) in [5.41, 5.74) is 0.591. The lowest BCUT2D eigenvalue weighted by atomic mass is 9.56. The molecule has 324 valence electrons. The van der Waals surface area contributed by atoms with Crippen molar-refractivity contribution in [3.8, 4) is 23.0 Å². The second-order valence-corrected chi connectivity index (χ2v) is 17.3. The first-order valence-electron chi connectivity index (χ1n) is 20.0.